The first-order chi connectivity index (χ1) is 9.66. The van der Waals surface area contributed by atoms with Crippen LogP contribution in [-0.2, 0) is 11.2 Å². The molecule has 0 aliphatic heterocycles. The molecule has 0 fully saturated rings. The predicted octanol–water partition coefficient (Wildman–Crippen LogP) is 3.63. The number of rotatable bonds is 3. The summed E-state index contributed by atoms with van der Waals surface area (Å²) in [4.78, 5) is 14.8. The van der Waals surface area contributed by atoms with Crippen molar-refractivity contribution in [1.82, 2.24) is 4.98 Å². The molecule has 1 heterocycles. The molecule has 3 N–H and O–H groups in total. The van der Waals surface area contributed by atoms with Crippen molar-refractivity contribution in [2.24, 2.45) is 5.73 Å². The van der Waals surface area contributed by atoms with Gasteiger partial charge < -0.3 is 10.7 Å². The van der Waals surface area contributed by atoms with Crippen LogP contribution in [0.15, 0.2) is 53.0 Å². The second-order valence-corrected chi connectivity index (χ2v) is 5.50. The summed E-state index contributed by atoms with van der Waals surface area (Å²) in [6, 6.07) is 15.9. The van der Waals surface area contributed by atoms with Gasteiger partial charge in [-0.1, -0.05) is 42.5 Å². The number of halogens is 1. The molecule has 20 heavy (non-hydrogen) atoms. The number of carbonyl (C=O) groups is 1. The quantitative estimate of drug-likeness (QED) is 0.757. The molecule has 1 aromatic heterocycles. The smallest absolute Gasteiger partial charge is 0.221 e. The van der Waals surface area contributed by atoms with Gasteiger partial charge in [0.2, 0.25) is 5.91 Å². The van der Waals surface area contributed by atoms with Crippen molar-refractivity contribution in [3.63, 3.8) is 0 Å². The van der Waals surface area contributed by atoms with E-state index in [1.54, 1.807) is 0 Å². The van der Waals surface area contributed by atoms with Crippen LogP contribution in [0.3, 0.4) is 0 Å². The number of aromatic nitrogens is 1. The summed E-state index contributed by atoms with van der Waals surface area (Å²) in [5.74, 6) is -0.331. The SMILES string of the molecule is NC(=O)Cc1c(-c2ccccc2)[nH]c2c(Br)cccc12. The third-order valence-electron chi connectivity index (χ3n) is 3.30. The first-order valence-corrected chi connectivity index (χ1v) is 7.09. The monoisotopic (exact) mass is 328 g/mol. The van der Waals surface area contributed by atoms with E-state index in [2.05, 4.69) is 20.9 Å². The Morgan fingerprint density at radius 2 is 1.85 bits per heavy atom. The second-order valence-electron chi connectivity index (χ2n) is 4.65. The number of aromatic amines is 1. The van der Waals surface area contributed by atoms with Gasteiger partial charge in [0.25, 0.3) is 0 Å². The number of para-hydroxylation sites is 1. The van der Waals surface area contributed by atoms with E-state index in [9.17, 15) is 4.79 Å². The van der Waals surface area contributed by atoms with E-state index in [0.29, 0.717) is 0 Å². The summed E-state index contributed by atoms with van der Waals surface area (Å²) in [7, 11) is 0. The van der Waals surface area contributed by atoms with Crippen molar-refractivity contribution >= 4 is 32.7 Å². The van der Waals surface area contributed by atoms with Gasteiger partial charge in [0.1, 0.15) is 0 Å². The predicted molar refractivity (Wildman–Crippen MR) is 84.3 cm³/mol. The summed E-state index contributed by atoms with van der Waals surface area (Å²) in [5.41, 5.74) is 9.33. The van der Waals surface area contributed by atoms with E-state index in [0.717, 1.165) is 32.2 Å². The van der Waals surface area contributed by atoms with Crippen molar-refractivity contribution < 1.29 is 4.79 Å². The number of carbonyl (C=O) groups excluding carboxylic acids is 1. The molecule has 3 aromatic rings. The van der Waals surface area contributed by atoms with Crippen LogP contribution in [-0.4, -0.2) is 10.9 Å². The zero-order chi connectivity index (χ0) is 14.1. The molecule has 0 unspecified atom stereocenters. The number of fused-ring (bicyclic) bond motifs is 1. The molecule has 0 saturated heterocycles. The van der Waals surface area contributed by atoms with E-state index in [4.69, 9.17) is 5.73 Å². The van der Waals surface area contributed by atoms with Gasteiger partial charge in [0.05, 0.1) is 17.6 Å². The summed E-state index contributed by atoms with van der Waals surface area (Å²) in [6.45, 7) is 0. The zero-order valence-corrected chi connectivity index (χ0v) is 12.3. The van der Waals surface area contributed by atoms with Gasteiger partial charge in [-0.25, -0.2) is 0 Å². The van der Waals surface area contributed by atoms with Crippen LogP contribution in [0.2, 0.25) is 0 Å². The number of H-pyrrole nitrogens is 1. The number of nitrogens with one attached hydrogen (secondary N) is 1. The van der Waals surface area contributed by atoms with E-state index < -0.39 is 0 Å². The lowest BCUT2D eigenvalue weighted by molar-refractivity contribution is -0.117. The highest BCUT2D eigenvalue weighted by Gasteiger charge is 2.16. The fourth-order valence-electron chi connectivity index (χ4n) is 2.45. The van der Waals surface area contributed by atoms with Gasteiger partial charge in [0.15, 0.2) is 0 Å². The largest absolute Gasteiger partial charge is 0.369 e. The van der Waals surface area contributed by atoms with Crippen molar-refractivity contribution in [2.45, 2.75) is 6.42 Å². The third-order valence-corrected chi connectivity index (χ3v) is 3.96. The minimum absolute atomic E-state index is 0.223. The minimum atomic E-state index is -0.331. The van der Waals surface area contributed by atoms with Gasteiger partial charge >= 0.3 is 0 Å². The molecule has 0 saturated carbocycles. The number of amides is 1. The molecule has 3 rings (SSSR count). The second kappa shape index (κ2) is 5.13. The maximum absolute atomic E-state index is 11.4. The number of nitrogens with two attached hydrogens (primary N) is 1. The third kappa shape index (κ3) is 2.23. The Morgan fingerprint density at radius 1 is 1.10 bits per heavy atom. The highest BCUT2D eigenvalue weighted by Crippen LogP contribution is 2.33. The molecule has 3 nitrogen and oxygen atoms in total. The van der Waals surface area contributed by atoms with Gasteiger partial charge in [0, 0.05) is 9.86 Å². The van der Waals surface area contributed by atoms with Crippen LogP contribution in [0.25, 0.3) is 22.2 Å². The standard InChI is InChI=1S/C16H13BrN2O/c17-13-8-4-7-11-12(9-14(18)20)15(19-16(11)13)10-5-2-1-3-6-10/h1-8,19H,9H2,(H2,18,20). The molecule has 0 aliphatic rings. The lowest BCUT2D eigenvalue weighted by Crippen LogP contribution is -2.13. The molecule has 2 aromatic carbocycles. The van der Waals surface area contributed by atoms with Crippen LogP contribution < -0.4 is 5.73 Å². The van der Waals surface area contributed by atoms with Gasteiger partial charge in [-0.05, 0) is 33.1 Å². The van der Waals surface area contributed by atoms with Gasteiger partial charge in [-0.2, -0.15) is 0 Å². The fourth-order valence-corrected chi connectivity index (χ4v) is 2.91. The average molecular weight is 329 g/mol. The Kier molecular flexibility index (Phi) is 3.32. The van der Waals surface area contributed by atoms with Gasteiger partial charge in [-0.15, -0.1) is 0 Å². The molecular weight excluding hydrogens is 316 g/mol. The Labute approximate surface area is 124 Å². The molecule has 0 atom stereocenters. The topological polar surface area (TPSA) is 58.9 Å². The van der Waals surface area contributed by atoms with Crippen molar-refractivity contribution in [2.75, 3.05) is 0 Å². The summed E-state index contributed by atoms with van der Waals surface area (Å²) < 4.78 is 0.975. The Hall–Kier alpha value is -2.07. The van der Waals surface area contributed by atoms with E-state index in [1.165, 1.54) is 0 Å². The first kappa shape index (κ1) is 12.9. The molecule has 0 aliphatic carbocycles. The van der Waals surface area contributed by atoms with Crippen molar-refractivity contribution in [3.05, 3.63) is 58.6 Å². The summed E-state index contributed by atoms with van der Waals surface area (Å²) >= 11 is 3.54. The normalized spacial score (nSPS) is 10.8. The van der Waals surface area contributed by atoms with Crippen molar-refractivity contribution in [3.8, 4) is 11.3 Å². The maximum atomic E-state index is 11.4. The van der Waals surface area contributed by atoms with Crippen LogP contribution in [0.1, 0.15) is 5.56 Å². The van der Waals surface area contributed by atoms with Crippen LogP contribution in [0, 0.1) is 0 Å². The Bertz CT molecular complexity index is 778. The lowest BCUT2D eigenvalue weighted by Gasteiger charge is -2.03. The highest BCUT2D eigenvalue weighted by atomic mass is 79.9. The average Bonchev–Trinajstić information content (AvgIpc) is 2.80. The number of hydrogen-bond donors (Lipinski definition) is 2. The highest BCUT2D eigenvalue weighted by molar-refractivity contribution is 9.10. The van der Waals surface area contributed by atoms with Crippen LogP contribution in [0.5, 0.6) is 0 Å². The van der Waals surface area contributed by atoms with E-state index in [1.807, 2.05) is 48.5 Å². The Morgan fingerprint density at radius 3 is 2.55 bits per heavy atom. The maximum Gasteiger partial charge on any atom is 0.221 e. The molecule has 4 heteroatoms. The molecule has 0 radical (unpaired) electrons. The van der Waals surface area contributed by atoms with E-state index >= 15 is 0 Å². The molecule has 0 spiro atoms. The zero-order valence-electron chi connectivity index (χ0n) is 10.7. The van der Waals surface area contributed by atoms with Crippen LogP contribution >= 0.6 is 15.9 Å². The fraction of sp³-hybridized carbons (Fsp3) is 0.0625. The minimum Gasteiger partial charge on any atom is -0.369 e. The first-order valence-electron chi connectivity index (χ1n) is 6.29. The molecule has 100 valence electrons. The molecule has 1 amide bonds. The van der Waals surface area contributed by atoms with Crippen LogP contribution in [0.4, 0.5) is 0 Å². The summed E-state index contributed by atoms with van der Waals surface area (Å²) in [5, 5.41) is 1.03. The Balaban J connectivity index is 2.30. The summed E-state index contributed by atoms with van der Waals surface area (Å²) in [6.07, 6.45) is 0.223. The number of hydrogen-bond acceptors (Lipinski definition) is 1. The number of primary amides is 1. The molecular formula is C16H13BrN2O. The molecule has 0 bridgehead atoms. The van der Waals surface area contributed by atoms with Gasteiger partial charge in [-0.3, -0.25) is 4.79 Å². The van der Waals surface area contributed by atoms with Crippen molar-refractivity contribution in [1.29, 1.82) is 0 Å². The lowest BCUT2D eigenvalue weighted by atomic mass is 10.0. The van der Waals surface area contributed by atoms with E-state index in [-0.39, 0.29) is 12.3 Å². The number of benzene rings is 2.